The van der Waals surface area contributed by atoms with E-state index in [0.29, 0.717) is 16.3 Å². The van der Waals surface area contributed by atoms with Crippen LogP contribution in [-0.2, 0) is 0 Å². The van der Waals surface area contributed by atoms with Crippen LogP contribution >= 0.6 is 11.6 Å². The Morgan fingerprint density at radius 3 is 2.51 bits per heavy atom. The first-order valence-corrected chi connectivity index (χ1v) is 12.7. The Bertz CT molecular complexity index is 1530. The van der Waals surface area contributed by atoms with Gasteiger partial charge in [0.2, 0.25) is 5.52 Å². The van der Waals surface area contributed by atoms with Crippen molar-refractivity contribution in [1.82, 2.24) is 4.90 Å². The molecule has 7 nitrogen and oxygen atoms in total. The number of amides is 1. The van der Waals surface area contributed by atoms with Crippen molar-refractivity contribution < 1.29 is 22.2 Å². The van der Waals surface area contributed by atoms with Gasteiger partial charge in [0, 0.05) is 72.8 Å². The van der Waals surface area contributed by atoms with Crippen LogP contribution in [0.15, 0.2) is 102 Å². The zero-order valence-electron chi connectivity index (χ0n) is 21.9. The fraction of sp³-hybridized carbons (Fsp3) is 0.133. The number of anilines is 5. The van der Waals surface area contributed by atoms with Gasteiger partial charge >= 0.3 is 0 Å². The average molecular weight is 562 g/mol. The lowest BCUT2D eigenvalue weighted by atomic mass is 10.1. The van der Waals surface area contributed by atoms with E-state index < -0.39 is 0 Å². The number of likely N-dealkylation sites (N-methyl/N-ethyl adjacent to an activating group) is 1. The van der Waals surface area contributed by atoms with Crippen molar-refractivity contribution in [3.8, 4) is 0 Å². The van der Waals surface area contributed by atoms with Gasteiger partial charge in [0.15, 0.2) is 6.20 Å². The van der Waals surface area contributed by atoms with Gasteiger partial charge in [-0.15, -0.1) is 0 Å². The lowest BCUT2D eigenvalue weighted by Crippen LogP contribution is -3.00. The van der Waals surface area contributed by atoms with Crippen molar-refractivity contribution in [3.63, 3.8) is 0 Å². The van der Waals surface area contributed by atoms with E-state index in [9.17, 15) is 4.79 Å². The third kappa shape index (κ3) is 6.63. The Morgan fingerprint density at radius 2 is 1.74 bits per heavy atom. The van der Waals surface area contributed by atoms with Crippen LogP contribution in [0.3, 0.4) is 0 Å². The van der Waals surface area contributed by atoms with Gasteiger partial charge in [-0.25, -0.2) is 4.98 Å². The first-order valence-electron chi connectivity index (χ1n) is 12.3. The summed E-state index contributed by atoms with van der Waals surface area (Å²) in [4.78, 5) is 20.3. The number of halogens is 2. The zero-order chi connectivity index (χ0) is 26.6. The van der Waals surface area contributed by atoms with Gasteiger partial charge in [-0.1, -0.05) is 17.7 Å². The molecule has 4 N–H and O–H groups in total. The fourth-order valence-corrected chi connectivity index (χ4v) is 4.42. The molecule has 2 heterocycles. The molecule has 0 saturated heterocycles. The summed E-state index contributed by atoms with van der Waals surface area (Å²) in [5.41, 5.74) is 6.19. The molecule has 1 amide bonds. The van der Waals surface area contributed by atoms with Crippen molar-refractivity contribution in [2.75, 3.05) is 42.0 Å². The number of carbonyl (C=O) groups is 1. The molecule has 0 fully saturated rings. The van der Waals surface area contributed by atoms with Crippen molar-refractivity contribution in [2.45, 2.75) is 6.17 Å². The molecule has 1 aliphatic heterocycles. The van der Waals surface area contributed by atoms with Crippen molar-refractivity contribution >= 4 is 56.8 Å². The number of aromatic amines is 1. The number of rotatable bonds is 7. The minimum atomic E-state index is -0.176. The predicted molar refractivity (Wildman–Crippen MR) is 157 cm³/mol. The number of nitrogens with one attached hydrogen (secondary N) is 4. The topological polar surface area (TPSA) is 73.8 Å². The van der Waals surface area contributed by atoms with Gasteiger partial charge in [0.25, 0.3) is 5.91 Å². The number of aromatic nitrogens is 1. The van der Waals surface area contributed by atoms with Crippen molar-refractivity contribution in [3.05, 3.63) is 108 Å². The Balaban J connectivity index is 0.00000353. The highest BCUT2D eigenvalue weighted by molar-refractivity contribution is 6.31. The van der Waals surface area contributed by atoms with Crippen LogP contribution in [0.4, 0.5) is 28.4 Å². The smallest absolute Gasteiger partial charge is 0.255 e. The van der Waals surface area contributed by atoms with Gasteiger partial charge in [0.05, 0.1) is 11.1 Å². The molecule has 0 spiro atoms. The molecule has 1 aromatic heterocycles. The standard InChI is InChI=1S/C30H29ClN6O.ClH/c1-36(2)25-11-12-27-26(19-25)28(13-15-32-27)33-22-9-7-20(8-10-22)30(38)35-24-6-4-5-23(18-24)34-29-17-21(31)14-16-37(29)3;/h4-19,29,34H,1-3H3,(H,32,33)(H,35,38);1H. The number of fused-ring (bicyclic) bond motifs is 1. The minimum absolute atomic E-state index is 0. The molecule has 0 bridgehead atoms. The summed E-state index contributed by atoms with van der Waals surface area (Å²) in [6.45, 7) is 0. The summed E-state index contributed by atoms with van der Waals surface area (Å²) < 4.78 is 0. The van der Waals surface area contributed by atoms with Gasteiger partial charge < -0.3 is 38.2 Å². The number of carbonyl (C=O) groups excluding carboxylic acids is 1. The van der Waals surface area contributed by atoms with E-state index >= 15 is 0 Å². The van der Waals surface area contributed by atoms with Crippen LogP contribution in [0, 0.1) is 0 Å². The Kier molecular flexibility index (Phi) is 8.64. The van der Waals surface area contributed by atoms with E-state index in [1.165, 1.54) is 0 Å². The molecule has 0 radical (unpaired) electrons. The highest BCUT2D eigenvalue weighted by Gasteiger charge is 2.14. The van der Waals surface area contributed by atoms with E-state index in [2.05, 4.69) is 44.0 Å². The van der Waals surface area contributed by atoms with Gasteiger partial charge in [-0.3, -0.25) is 4.79 Å². The molecule has 3 aromatic carbocycles. The summed E-state index contributed by atoms with van der Waals surface area (Å²) in [6.07, 6.45) is 7.54. The predicted octanol–water partition coefficient (Wildman–Crippen LogP) is 3.04. The Hall–Kier alpha value is -4.20. The third-order valence-electron chi connectivity index (χ3n) is 6.38. The highest BCUT2D eigenvalue weighted by atomic mass is 35.5. The summed E-state index contributed by atoms with van der Waals surface area (Å²) >= 11 is 6.15. The number of benzene rings is 3. The van der Waals surface area contributed by atoms with E-state index in [4.69, 9.17) is 11.6 Å². The number of nitrogens with zero attached hydrogens (tertiary/aromatic N) is 2. The average Bonchev–Trinajstić information content (AvgIpc) is 2.91. The monoisotopic (exact) mass is 560 g/mol. The summed E-state index contributed by atoms with van der Waals surface area (Å²) in [6, 6.07) is 23.4. The maximum Gasteiger partial charge on any atom is 0.255 e. The first kappa shape index (κ1) is 27.8. The van der Waals surface area contributed by atoms with E-state index in [1.807, 2.05) is 105 Å². The Morgan fingerprint density at radius 1 is 0.974 bits per heavy atom. The first-order chi connectivity index (χ1) is 18.4. The third-order valence-corrected chi connectivity index (χ3v) is 6.64. The second kappa shape index (κ2) is 12.1. The normalized spacial score (nSPS) is 14.3. The molecule has 1 atom stereocenters. The molecule has 200 valence electrons. The van der Waals surface area contributed by atoms with Crippen LogP contribution < -0.4 is 38.2 Å². The fourth-order valence-electron chi connectivity index (χ4n) is 4.24. The lowest BCUT2D eigenvalue weighted by Gasteiger charge is -2.28. The Labute approximate surface area is 239 Å². The molecule has 4 aromatic rings. The maximum atomic E-state index is 13.0. The van der Waals surface area contributed by atoms with Gasteiger partial charge in [-0.2, -0.15) is 0 Å². The van der Waals surface area contributed by atoms with Crippen LogP contribution in [0.2, 0.25) is 0 Å². The minimum Gasteiger partial charge on any atom is -1.00 e. The van der Waals surface area contributed by atoms with E-state index in [0.717, 1.165) is 33.7 Å². The van der Waals surface area contributed by atoms with Crippen LogP contribution in [0.1, 0.15) is 10.4 Å². The number of H-pyrrole nitrogens is 1. The largest absolute Gasteiger partial charge is 1.00 e. The summed E-state index contributed by atoms with van der Waals surface area (Å²) in [5, 5.41) is 11.7. The second-order valence-corrected chi connectivity index (χ2v) is 9.81. The highest BCUT2D eigenvalue weighted by Crippen LogP contribution is 2.28. The number of hydrogen-bond donors (Lipinski definition) is 3. The summed E-state index contributed by atoms with van der Waals surface area (Å²) in [7, 11) is 6.02. The SMILES string of the molecule is CN(C)c1ccc2[nH+]ccc(Nc3ccc(C(=O)Nc4cccc(NC5C=C(Cl)C=CN5C)c4)cc3)c2c1.[Cl-]. The molecule has 1 aliphatic rings. The van der Waals surface area contributed by atoms with Gasteiger partial charge in [-0.05, 0) is 66.7 Å². The number of allylic oxidation sites excluding steroid dienone is 2. The molecular weight excluding hydrogens is 531 g/mol. The molecule has 1 unspecified atom stereocenters. The zero-order valence-corrected chi connectivity index (χ0v) is 23.4. The van der Waals surface area contributed by atoms with E-state index in [-0.39, 0.29) is 24.5 Å². The van der Waals surface area contributed by atoms with Crippen LogP contribution in [0.5, 0.6) is 0 Å². The molecule has 39 heavy (non-hydrogen) atoms. The van der Waals surface area contributed by atoms with Gasteiger partial charge in [0.1, 0.15) is 6.17 Å². The van der Waals surface area contributed by atoms with Crippen molar-refractivity contribution in [2.24, 2.45) is 0 Å². The molecule has 0 aliphatic carbocycles. The van der Waals surface area contributed by atoms with E-state index in [1.54, 1.807) is 0 Å². The molecular formula is C30H30Cl2N6O. The van der Waals surface area contributed by atoms with Crippen LogP contribution in [0.25, 0.3) is 10.9 Å². The van der Waals surface area contributed by atoms with Crippen molar-refractivity contribution in [1.29, 1.82) is 0 Å². The molecule has 5 rings (SSSR count). The number of hydrogen-bond acceptors (Lipinski definition) is 5. The quantitative estimate of drug-likeness (QED) is 0.324. The lowest BCUT2D eigenvalue weighted by molar-refractivity contribution is -0.344. The summed E-state index contributed by atoms with van der Waals surface area (Å²) in [5.74, 6) is -0.176. The maximum absolute atomic E-state index is 13.0. The van der Waals surface area contributed by atoms with Crippen LogP contribution in [-0.4, -0.2) is 38.1 Å². The second-order valence-electron chi connectivity index (χ2n) is 9.37. The molecule has 9 heteroatoms. The number of pyridine rings is 1. The molecule has 0 saturated carbocycles.